The molecule has 0 spiro atoms. The van der Waals surface area contributed by atoms with E-state index in [2.05, 4.69) is 34.5 Å². The van der Waals surface area contributed by atoms with Gasteiger partial charge >= 0.3 is 0 Å². The van der Waals surface area contributed by atoms with Gasteiger partial charge in [-0.25, -0.2) is 4.68 Å². The number of hydrogen-bond donors (Lipinski definition) is 1. The highest BCUT2D eigenvalue weighted by molar-refractivity contribution is 5.95. The Balaban J connectivity index is 1.57. The van der Waals surface area contributed by atoms with Gasteiger partial charge in [0.25, 0.3) is 5.91 Å². The number of amides is 1. The number of rotatable bonds is 4. The van der Waals surface area contributed by atoms with Gasteiger partial charge in [0.2, 0.25) is 0 Å². The van der Waals surface area contributed by atoms with Crippen LogP contribution in [0.2, 0.25) is 0 Å². The summed E-state index contributed by atoms with van der Waals surface area (Å²) in [5.41, 5.74) is 3.64. The zero-order chi connectivity index (χ0) is 18.6. The summed E-state index contributed by atoms with van der Waals surface area (Å²) in [6.45, 7) is 2.01. The molecular weight excluding hydrogens is 336 g/mol. The topological polar surface area (TPSA) is 50.2 Å². The Morgan fingerprint density at radius 3 is 2.78 bits per heavy atom. The van der Waals surface area contributed by atoms with E-state index in [1.54, 1.807) is 6.20 Å². The first-order valence-corrected chi connectivity index (χ1v) is 9.40. The SMILES string of the molecule is CN1CCC[C@@H](NC(=O)c2cccc(-n3nccc3-c3ccccc3)c2)C1. The second kappa shape index (κ2) is 7.76. The van der Waals surface area contributed by atoms with E-state index >= 15 is 0 Å². The van der Waals surface area contributed by atoms with E-state index in [1.807, 2.05) is 53.2 Å². The maximum atomic E-state index is 12.7. The number of carbonyl (C=O) groups is 1. The molecule has 5 nitrogen and oxygen atoms in total. The first-order valence-electron chi connectivity index (χ1n) is 9.40. The summed E-state index contributed by atoms with van der Waals surface area (Å²) in [5, 5.41) is 7.64. The van der Waals surface area contributed by atoms with Crippen LogP contribution in [0.1, 0.15) is 23.2 Å². The van der Waals surface area contributed by atoms with Crippen LogP contribution < -0.4 is 5.32 Å². The highest BCUT2D eigenvalue weighted by Crippen LogP contribution is 2.22. The lowest BCUT2D eigenvalue weighted by molar-refractivity contribution is 0.0912. The molecule has 5 heteroatoms. The standard InChI is InChI=1S/C22H24N4O/c1-25-14-6-10-19(16-25)24-22(27)18-9-5-11-20(15-18)26-21(12-13-23-26)17-7-3-2-4-8-17/h2-5,7-9,11-13,15,19H,6,10,14,16H2,1H3,(H,24,27)/t19-/m1/s1. The third kappa shape index (κ3) is 3.93. The molecule has 1 aliphatic rings. The summed E-state index contributed by atoms with van der Waals surface area (Å²) < 4.78 is 1.88. The van der Waals surface area contributed by atoms with Gasteiger partial charge in [-0.1, -0.05) is 36.4 Å². The summed E-state index contributed by atoms with van der Waals surface area (Å²) in [5.74, 6) is -0.0226. The minimum Gasteiger partial charge on any atom is -0.348 e. The zero-order valence-electron chi connectivity index (χ0n) is 15.5. The molecule has 1 amide bonds. The molecule has 0 aliphatic carbocycles. The van der Waals surface area contributed by atoms with Crippen LogP contribution in [0.5, 0.6) is 0 Å². The van der Waals surface area contributed by atoms with Crippen LogP contribution in [-0.2, 0) is 0 Å². The molecule has 1 N–H and O–H groups in total. The summed E-state index contributed by atoms with van der Waals surface area (Å²) in [6, 6.07) is 20.0. The summed E-state index contributed by atoms with van der Waals surface area (Å²) >= 11 is 0. The van der Waals surface area contributed by atoms with Gasteiger partial charge in [-0.3, -0.25) is 4.79 Å². The van der Waals surface area contributed by atoms with Crippen molar-refractivity contribution in [2.24, 2.45) is 0 Å². The fraction of sp³-hybridized carbons (Fsp3) is 0.273. The Morgan fingerprint density at radius 1 is 1.11 bits per heavy atom. The van der Waals surface area contributed by atoms with Crippen LogP contribution >= 0.6 is 0 Å². The number of hydrogen-bond acceptors (Lipinski definition) is 3. The quantitative estimate of drug-likeness (QED) is 0.776. The van der Waals surface area contributed by atoms with Crippen LogP contribution in [-0.4, -0.2) is 46.8 Å². The zero-order valence-corrected chi connectivity index (χ0v) is 15.5. The van der Waals surface area contributed by atoms with Gasteiger partial charge < -0.3 is 10.2 Å². The predicted molar refractivity (Wildman–Crippen MR) is 107 cm³/mol. The Kier molecular flexibility index (Phi) is 5.03. The number of piperidine rings is 1. The van der Waals surface area contributed by atoms with Gasteiger partial charge in [0.1, 0.15) is 0 Å². The van der Waals surface area contributed by atoms with E-state index in [9.17, 15) is 4.79 Å². The lowest BCUT2D eigenvalue weighted by atomic mass is 10.1. The van der Waals surface area contributed by atoms with Crippen LogP contribution in [0.15, 0.2) is 66.9 Å². The molecular formula is C22H24N4O. The molecule has 0 bridgehead atoms. The number of aromatic nitrogens is 2. The predicted octanol–water partition coefficient (Wildman–Crippen LogP) is 3.36. The maximum Gasteiger partial charge on any atom is 0.251 e. The van der Waals surface area contributed by atoms with Crippen LogP contribution in [0, 0.1) is 0 Å². The molecule has 1 aliphatic heterocycles. The van der Waals surface area contributed by atoms with Crippen molar-refractivity contribution in [3.05, 3.63) is 72.4 Å². The van der Waals surface area contributed by atoms with Crippen molar-refractivity contribution in [1.82, 2.24) is 20.0 Å². The highest BCUT2D eigenvalue weighted by Gasteiger charge is 2.20. The molecule has 0 saturated carbocycles. The molecule has 0 unspecified atom stereocenters. The molecule has 0 radical (unpaired) electrons. The van der Waals surface area contributed by atoms with Gasteiger partial charge in [-0.05, 0) is 50.7 Å². The Labute approximate surface area is 159 Å². The van der Waals surface area contributed by atoms with Gasteiger partial charge in [0.05, 0.1) is 17.6 Å². The number of carbonyl (C=O) groups excluding carboxylic acids is 1. The molecule has 138 valence electrons. The van der Waals surface area contributed by atoms with Crippen molar-refractivity contribution in [3.63, 3.8) is 0 Å². The number of nitrogens with one attached hydrogen (secondary N) is 1. The summed E-state index contributed by atoms with van der Waals surface area (Å²) in [6.07, 6.45) is 3.94. The van der Waals surface area contributed by atoms with Gasteiger partial charge in [-0.2, -0.15) is 5.10 Å². The highest BCUT2D eigenvalue weighted by atomic mass is 16.1. The number of nitrogens with zero attached hydrogens (tertiary/aromatic N) is 3. The van der Waals surface area contributed by atoms with Crippen molar-refractivity contribution in [2.75, 3.05) is 20.1 Å². The van der Waals surface area contributed by atoms with E-state index in [4.69, 9.17) is 0 Å². The Morgan fingerprint density at radius 2 is 1.96 bits per heavy atom. The van der Waals surface area contributed by atoms with Crippen molar-refractivity contribution in [2.45, 2.75) is 18.9 Å². The molecule has 2 heterocycles. The molecule has 3 aromatic rings. The van der Waals surface area contributed by atoms with Crippen molar-refractivity contribution in [1.29, 1.82) is 0 Å². The van der Waals surface area contributed by atoms with Crippen LogP contribution in [0.4, 0.5) is 0 Å². The van der Waals surface area contributed by atoms with Gasteiger partial charge in [-0.15, -0.1) is 0 Å². The molecule has 1 fully saturated rings. The van der Waals surface area contributed by atoms with E-state index in [0.29, 0.717) is 5.56 Å². The summed E-state index contributed by atoms with van der Waals surface area (Å²) in [4.78, 5) is 15.0. The largest absolute Gasteiger partial charge is 0.348 e. The normalized spacial score (nSPS) is 17.6. The fourth-order valence-electron chi connectivity index (χ4n) is 3.67. The van der Waals surface area contributed by atoms with Crippen LogP contribution in [0.3, 0.4) is 0 Å². The minimum atomic E-state index is -0.0226. The van der Waals surface area contributed by atoms with E-state index in [1.165, 1.54) is 0 Å². The monoisotopic (exact) mass is 360 g/mol. The van der Waals surface area contributed by atoms with E-state index in [-0.39, 0.29) is 11.9 Å². The fourth-order valence-corrected chi connectivity index (χ4v) is 3.67. The molecule has 2 aromatic carbocycles. The number of likely N-dealkylation sites (N-methyl/N-ethyl adjacent to an activating group) is 1. The maximum absolute atomic E-state index is 12.7. The first-order chi connectivity index (χ1) is 13.2. The molecule has 4 rings (SSSR count). The smallest absolute Gasteiger partial charge is 0.251 e. The average Bonchev–Trinajstić information content (AvgIpc) is 3.19. The van der Waals surface area contributed by atoms with Crippen molar-refractivity contribution in [3.8, 4) is 16.9 Å². The van der Waals surface area contributed by atoms with Gasteiger partial charge in [0.15, 0.2) is 0 Å². The van der Waals surface area contributed by atoms with Crippen molar-refractivity contribution < 1.29 is 4.79 Å². The second-order valence-corrected chi connectivity index (χ2v) is 7.12. The molecule has 1 saturated heterocycles. The van der Waals surface area contributed by atoms with Crippen LogP contribution in [0.25, 0.3) is 16.9 Å². The molecule has 1 aromatic heterocycles. The molecule has 1 atom stereocenters. The Bertz CT molecular complexity index is 919. The van der Waals surface area contributed by atoms with E-state index in [0.717, 1.165) is 42.9 Å². The van der Waals surface area contributed by atoms with Gasteiger partial charge in [0, 0.05) is 23.7 Å². The number of benzene rings is 2. The lowest BCUT2D eigenvalue weighted by Gasteiger charge is -2.30. The average molecular weight is 360 g/mol. The minimum absolute atomic E-state index is 0.0226. The first kappa shape index (κ1) is 17.5. The molecule has 27 heavy (non-hydrogen) atoms. The lowest BCUT2D eigenvalue weighted by Crippen LogP contribution is -2.46. The third-order valence-corrected chi connectivity index (χ3v) is 5.02. The third-order valence-electron chi connectivity index (χ3n) is 5.02. The van der Waals surface area contributed by atoms with Crippen molar-refractivity contribution >= 4 is 5.91 Å². The summed E-state index contributed by atoms with van der Waals surface area (Å²) in [7, 11) is 2.10. The Hall–Kier alpha value is -2.92. The second-order valence-electron chi connectivity index (χ2n) is 7.12. The van der Waals surface area contributed by atoms with E-state index < -0.39 is 0 Å². The number of likely N-dealkylation sites (tertiary alicyclic amines) is 1.